The van der Waals surface area contributed by atoms with Gasteiger partial charge in [0, 0.05) is 70.0 Å². The van der Waals surface area contributed by atoms with E-state index in [1.807, 2.05) is 37.1 Å². The van der Waals surface area contributed by atoms with E-state index in [0.717, 1.165) is 61.3 Å². The summed E-state index contributed by atoms with van der Waals surface area (Å²) in [4.78, 5) is 72.9. The van der Waals surface area contributed by atoms with Crippen molar-refractivity contribution >= 4 is 36.0 Å². The summed E-state index contributed by atoms with van der Waals surface area (Å²) in [5.74, 6) is -2.31. The van der Waals surface area contributed by atoms with Crippen LogP contribution in [-0.4, -0.2) is 113 Å². The summed E-state index contributed by atoms with van der Waals surface area (Å²) in [5.41, 5.74) is 5.87. The van der Waals surface area contributed by atoms with Crippen molar-refractivity contribution in [2.75, 3.05) is 52.7 Å². The zero-order valence-electron chi connectivity index (χ0n) is 38.9. The van der Waals surface area contributed by atoms with E-state index < -0.39 is 17.9 Å². The molecule has 2 atom stereocenters. The number of benzene rings is 2. The van der Waals surface area contributed by atoms with Crippen LogP contribution >= 0.6 is 0 Å². The SMILES string of the molecule is CCc1nn(C[C@@H](C)COC(=O)c2cccc(C(=O)O)c2)c2c1C(=O)NCC1(CCOCC1)C2.CCc1nn(C[C@@H](C)COC(=O)c2cccc(C=O)c2)c2c1C(=O)NCC1(CCOCC1)C2. The molecule has 0 radical (unpaired) electrons. The predicted molar refractivity (Wildman–Crippen MR) is 244 cm³/mol. The standard InChI is InChI=1S/C25H31N3O6.C25H31N3O5/c1-3-19-21-20(12-25(15-26-22(21)29)7-9-33-10-8-25)28(27-19)13-16(2)14-34-24(32)18-6-4-5-17(11-18)23(30)31;1-3-20-22-21(12-25(16-26-23(22)30)7-9-32-10-8-25)28(27-20)13-17(2)15-33-24(31)19-6-4-5-18(11-19)14-29/h4-6,11,16H,3,7-10,12-15H2,1-2H3,(H,26,29)(H,30,31);4-6,11,14,17H,3,7-10,12-13,15-16H2,1-2H3,(H,26,30)/t16-;17-/m11/s1. The van der Waals surface area contributed by atoms with Gasteiger partial charge in [-0.2, -0.15) is 10.2 Å². The number of hydrogen-bond acceptors (Lipinski definition) is 12. The van der Waals surface area contributed by atoms with Gasteiger partial charge in [0.2, 0.25) is 0 Å². The van der Waals surface area contributed by atoms with E-state index in [9.17, 15) is 28.8 Å². The summed E-state index contributed by atoms with van der Waals surface area (Å²) >= 11 is 0. The average molecular weight is 923 g/mol. The average Bonchev–Trinajstić information content (AvgIpc) is 3.77. The van der Waals surface area contributed by atoms with Gasteiger partial charge in [-0.25, -0.2) is 14.4 Å². The number of aldehydes is 1. The largest absolute Gasteiger partial charge is 0.478 e. The van der Waals surface area contributed by atoms with Gasteiger partial charge < -0.3 is 34.7 Å². The summed E-state index contributed by atoms with van der Waals surface area (Å²) < 4.78 is 26.0. The first-order chi connectivity index (χ1) is 32.3. The fraction of sp³-hybridized carbons (Fsp3) is 0.520. The number of amides is 2. The molecule has 0 aliphatic carbocycles. The highest BCUT2D eigenvalue weighted by atomic mass is 16.5. The van der Waals surface area contributed by atoms with Crippen LogP contribution in [0, 0.1) is 22.7 Å². The van der Waals surface area contributed by atoms with Gasteiger partial charge in [0.25, 0.3) is 11.8 Å². The zero-order chi connectivity index (χ0) is 47.7. The Kier molecular flexibility index (Phi) is 15.7. The number of esters is 2. The van der Waals surface area contributed by atoms with Crippen LogP contribution in [0.3, 0.4) is 0 Å². The molecule has 17 heteroatoms. The molecule has 2 spiro atoms. The summed E-state index contributed by atoms with van der Waals surface area (Å²) in [7, 11) is 0. The lowest BCUT2D eigenvalue weighted by atomic mass is 9.76. The Morgan fingerprint density at radius 3 is 1.58 bits per heavy atom. The molecule has 0 unspecified atom stereocenters. The fourth-order valence-electron chi connectivity index (χ4n) is 9.46. The monoisotopic (exact) mass is 922 g/mol. The number of hydrogen-bond donors (Lipinski definition) is 3. The van der Waals surface area contributed by atoms with Gasteiger partial charge in [-0.15, -0.1) is 0 Å². The van der Waals surface area contributed by atoms with Crippen LogP contribution in [0.15, 0.2) is 48.5 Å². The molecule has 17 nitrogen and oxygen atoms in total. The number of carbonyl (C=O) groups is 6. The molecule has 358 valence electrons. The molecule has 0 bridgehead atoms. The van der Waals surface area contributed by atoms with Crippen molar-refractivity contribution in [3.8, 4) is 0 Å². The Labute approximate surface area is 390 Å². The molecule has 2 aromatic carbocycles. The molecule has 2 aromatic heterocycles. The van der Waals surface area contributed by atoms with Crippen molar-refractivity contribution in [3.05, 3.63) is 105 Å². The van der Waals surface area contributed by atoms with Crippen LogP contribution in [0.2, 0.25) is 0 Å². The third-order valence-corrected chi connectivity index (χ3v) is 13.4. The van der Waals surface area contributed by atoms with Crippen molar-refractivity contribution in [1.29, 1.82) is 0 Å². The molecule has 2 fully saturated rings. The van der Waals surface area contributed by atoms with E-state index in [2.05, 4.69) is 10.6 Å². The van der Waals surface area contributed by atoms with Crippen molar-refractivity contribution in [2.45, 2.75) is 92.2 Å². The number of nitrogens with zero attached hydrogens (tertiary/aromatic N) is 4. The number of ether oxygens (including phenoxy) is 4. The number of carboxylic acid groups (broad SMARTS) is 1. The number of rotatable bonds is 14. The molecule has 2 amide bonds. The van der Waals surface area contributed by atoms with Gasteiger partial charge in [0.15, 0.2) is 0 Å². The van der Waals surface area contributed by atoms with Gasteiger partial charge in [-0.3, -0.25) is 23.7 Å². The number of aryl methyl sites for hydroxylation is 2. The third-order valence-electron chi connectivity index (χ3n) is 13.4. The highest BCUT2D eigenvalue weighted by Gasteiger charge is 2.41. The highest BCUT2D eigenvalue weighted by molar-refractivity contribution is 5.98. The van der Waals surface area contributed by atoms with Gasteiger partial charge >= 0.3 is 17.9 Å². The van der Waals surface area contributed by atoms with E-state index in [1.54, 1.807) is 18.2 Å². The zero-order valence-corrected chi connectivity index (χ0v) is 38.9. The molecule has 67 heavy (non-hydrogen) atoms. The lowest BCUT2D eigenvalue weighted by Crippen LogP contribution is -2.41. The van der Waals surface area contributed by atoms with Gasteiger partial charge in [0.05, 0.1) is 63.8 Å². The highest BCUT2D eigenvalue weighted by Crippen LogP contribution is 2.39. The summed E-state index contributed by atoms with van der Waals surface area (Å²) in [5, 5.41) is 24.9. The second-order valence-electron chi connectivity index (χ2n) is 18.6. The van der Waals surface area contributed by atoms with Gasteiger partial charge in [-0.1, -0.05) is 45.9 Å². The molecule has 8 rings (SSSR count). The predicted octanol–water partition coefficient (Wildman–Crippen LogP) is 5.55. The first-order valence-electron chi connectivity index (χ1n) is 23.4. The van der Waals surface area contributed by atoms with Crippen molar-refractivity contribution in [1.82, 2.24) is 30.2 Å². The first-order valence-corrected chi connectivity index (χ1v) is 23.4. The maximum Gasteiger partial charge on any atom is 0.338 e. The minimum Gasteiger partial charge on any atom is -0.478 e. The molecule has 0 saturated carbocycles. The third kappa shape index (κ3) is 11.5. The Morgan fingerprint density at radius 1 is 0.716 bits per heavy atom. The Morgan fingerprint density at radius 2 is 1.15 bits per heavy atom. The normalized spacial score (nSPS) is 18.1. The van der Waals surface area contributed by atoms with Crippen LogP contribution in [0.25, 0.3) is 0 Å². The van der Waals surface area contributed by atoms with Crippen LogP contribution in [0.5, 0.6) is 0 Å². The lowest BCUT2D eigenvalue weighted by Gasteiger charge is -2.36. The summed E-state index contributed by atoms with van der Waals surface area (Å²) in [6.45, 7) is 13.4. The Balaban J connectivity index is 0.000000199. The van der Waals surface area contributed by atoms with E-state index in [-0.39, 0.29) is 58.8 Å². The molecular formula is C50H62N6O11. The number of carbonyl (C=O) groups excluding carboxylic acids is 5. The number of carboxylic acids is 1. The lowest BCUT2D eigenvalue weighted by molar-refractivity contribution is 0.0150. The van der Waals surface area contributed by atoms with Crippen LogP contribution in [0.4, 0.5) is 0 Å². The van der Waals surface area contributed by atoms with Crippen LogP contribution < -0.4 is 10.6 Å². The van der Waals surface area contributed by atoms with E-state index >= 15 is 0 Å². The van der Waals surface area contributed by atoms with Crippen molar-refractivity contribution in [2.24, 2.45) is 22.7 Å². The summed E-state index contributed by atoms with van der Waals surface area (Å²) in [6.07, 6.45) is 7.17. The maximum atomic E-state index is 13.0. The number of aromatic nitrogens is 4. The van der Waals surface area contributed by atoms with E-state index in [4.69, 9.17) is 34.3 Å². The molecular weight excluding hydrogens is 861 g/mol. The van der Waals surface area contributed by atoms with Crippen molar-refractivity contribution < 1.29 is 52.8 Å². The second-order valence-corrected chi connectivity index (χ2v) is 18.6. The van der Waals surface area contributed by atoms with Crippen molar-refractivity contribution in [3.63, 3.8) is 0 Å². The maximum absolute atomic E-state index is 13.0. The van der Waals surface area contributed by atoms with Crippen LogP contribution in [0.1, 0.15) is 138 Å². The van der Waals surface area contributed by atoms with E-state index in [0.29, 0.717) is 94.0 Å². The molecule has 4 aromatic rings. The Bertz CT molecular complexity index is 2460. The number of fused-ring (bicyclic) bond motifs is 2. The number of nitrogens with one attached hydrogen (secondary N) is 2. The van der Waals surface area contributed by atoms with Gasteiger partial charge in [-0.05, 0) is 92.5 Å². The fourth-order valence-corrected chi connectivity index (χ4v) is 9.46. The number of aromatic carboxylic acids is 1. The van der Waals surface area contributed by atoms with E-state index in [1.165, 1.54) is 30.3 Å². The van der Waals surface area contributed by atoms with Gasteiger partial charge in [0.1, 0.15) is 6.29 Å². The minimum absolute atomic E-state index is 0.00568. The summed E-state index contributed by atoms with van der Waals surface area (Å²) in [6, 6.07) is 12.2. The molecule has 2 saturated heterocycles. The van der Waals surface area contributed by atoms with Crippen LogP contribution in [-0.2, 0) is 57.7 Å². The molecule has 6 heterocycles. The quantitative estimate of drug-likeness (QED) is 0.104. The first kappa shape index (κ1) is 48.7. The molecule has 4 aliphatic rings. The second kappa shape index (κ2) is 21.6. The molecule has 4 aliphatic heterocycles. The smallest absolute Gasteiger partial charge is 0.338 e. The Hall–Kier alpha value is -6.20. The minimum atomic E-state index is -1.10. The molecule has 3 N–H and O–H groups in total. The topological polar surface area (TPSA) is 219 Å².